The van der Waals surface area contributed by atoms with Crippen LogP contribution in [0, 0.1) is 10.5 Å². The minimum absolute atomic E-state index is 0.0133. The van der Waals surface area contributed by atoms with E-state index in [0.717, 1.165) is 26.1 Å². The Balaban J connectivity index is 1.72. The maximum absolute atomic E-state index is 12.8. The molecule has 10 heteroatoms. The number of carbonyl (C=O) groups is 1. The molecule has 0 saturated heterocycles. The number of nitrogens with one attached hydrogen (secondary N) is 1. The third kappa shape index (κ3) is 4.81. The van der Waals surface area contributed by atoms with E-state index in [1.54, 1.807) is 6.07 Å². The van der Waals surface area contributed by atoms with Gasteiger partial charge in [-0.05, 0) is 70.6 Å². The molecular formula is C17H13F3IN5O. The zero-order valence-corrected chi connectivity index (χ0v) is 16.1. The summed E-state index contributed by atoms with van der Waals surface area (Å²) in [6.45, 7) is 1.66. The monoisotopic (exact) mass is 487 g/mol. The summed E-state index contributed by atoms with van der Waals surface area (Å²) in [4.78, 5) is 13.2. The zero-order chi connectivity index (χ0) is 19.6. The van der Waals surface area contributed by atoms with Gasteiger partial charge in [-0.3, -0.25) is 4.79 Å². The van der Waals surface area contributed by atoms with Crippen molar-refractivity contribution in [3.8, 4) is 11.4 Å². The molecule has 0 radical (unpaired) electrons. The predicted molar refractivity (Wildman–Crippen MR) is 101 cm³/mol. The van der Waals surface area contributed by atoms with Gasteiger partial charge in [0.1, 0.15) is 6.54 Å². The fourth-order valence-electron chi connectivity index (χ4n) is 2.35. The van der Waals surface area contributed by atoms with Crippen LogP contribution in [0.2, 0.25) is 0 Å². The molecule has 0 spiro atoms. The minimum Gasteiger partial charge on any atom is -0.324 e. The molecule has 0 bridgehead atoms. The first-order valence-electron chi connectivity index (χ1n) is 7.74. The van der Waals surface area contributed by atoms with Crippen LogP contribution < -0.4 is 5.32 Å². The Labute approximate surface area is 165 Å². The Kier molecular flexibility index (Phi) is 5.44. The first-order chi connectivity index (χ1) is 12.7. The molecule has 0 saturated carbocycles. The molecule has 0 unspecified atom stereocenters. The van der Waals surface area contributed by atoms with Crippen molar-refractivity contribution in [1.29, 1.82) is 0 Å². The van der Waals surface area contributed by atoms with Crippen molar-refractivity contribution in [2.24, 2.45) is 0 Å². The first kappa shape index (κ1) is 19.3. The second kappa shape index (κ2) is 7.62. The molecule has 0 aliphatic carbocycles. The Morgan fingerprint density at radius 3 is 2.70 bits per heavy atom. The van der Waals surface area contributed by atoms with Gasteiger partial charge in [0.05, 0.1) is 5.56 Å². The number of hydrogen-bond acceptors (Lipinski definition) is 4. The van der Waals surface area contributed by atoms with E-state index in [1.807, 2.05) is 19.1 Å². The molecule has 6 nitrogen and oxygen atoms in total. The molecule has 2 aromatic carbocycles. The lowest BCUT2D eigenvalue weighted by molar-refractivity contribution is -0.137. The Morgan fingerprint density at radius 1 is 1.22 bits per heavy atom. The molecule has 140 valence electrons. The summed E-state index contributed by atoms with van der Waals surface area (Å²) in [5.74, 6) is -0.355. The third-order valence-electron chi connectivity index (χ3n) is 3.65. The molecule has 0 aliphatic rings. The second-order valence-electron chi connectivity index (χ2n) is 5.73. The summed E-state index contributed by atoms with van der Waals surface area (Å²) in [5, 5.41) is 14.2. The van der Waals surface area contributed by atoms with Crippen LogP contribution in [-0.2, 0) is 17.5 Å². The maximum Gasteiger partial charge on any atom is 0.416 e. The largest absolute Gasteiger partial charge is 0.416 e. The standard InChI is InChI=1S/C17H13F3IN5O/c1-10-7-13(21)5-6-14(10)22-15(27)9-26-24-16(23-25-26)11-3-2-4-12(8-11)17(18,19)20/h2-8H,9H2,1H3,(H,22,27). The van der Waals surface area contributed by atoms with Crippen molar-refractivity contribution in [3.63, 3.8) is 0 Å². The molecule has 1 amide bonds. The summed E-state index contributed by atoms with van der Waals surface area (Å²) >= 11 is 2.17. The number of alkyl halides is 3. The lowest BCUT2D eigenvalue weighted by atomic mass is 10.1. The normalized spacial score (nSPS) is 11.4. The summed E-state index contributed by atoms with van der Waals surface area (Å²) in [7, 11) is 0. The quantitative estimate of drug-likeness (QED) is 0.567. The summed E-state index contributed by atoms with van der Waals surface area (Å²) in [6.07, 6.45) is -4.46. The fourth-order valence-corrected chi connectivity index (χ4v) is 2.99. The number of rotatable bonds is 4. The van der Waals surface area contributed by atoms with E-state index in [9.17, 15) is 18.0 Å². The Morgan fingerprint density at radius 2 is 2.00 bits per heavy atom. The fraction of sp³-hybridized carbons (Fsp3) is 0.176. The number of anilines is 1. The average molecular weight is 487 g/mol. The predicted octanol–water partition coefficient (Wildman–Crippen LogP) is 3.91. The summed E-state index contributed by atoms with van der Waals surface area (Å²) in [6, 6.07) is 10.2. The first-order valence-corrected chi connectivity index (χ1v) is 8.82. The number of aryl methyl sites for hydroxylation is 1. The van der Waals surface area contributed by atoms with E-state index in [0.29, 0.717) is 5.69 Å². The topological polar surface area (TPSA) is 72.7 Å². The van der Waals surface area contributed by atoms with Crippen molar-refractivity contribution in [1.82, 2.24) is 20.2 Å². The Hall–Kier alpha value is -2.50. The molecule has 1 aromatic heterocycles. The van der Waals surface area contributed by atoms with Crippen molar-refractivity contribution < 1.29 is 18.0 Å². The summed E-state index contributed by atoms with van der Waals surface area (Å²) in [5.41, 5.74) is 0.943. The summed E-state index contributed by atoms with van der Waals surface area (Å²) < 4.78 is 39.5. The van der Waals surface area contributed by atoms with Crippen molar-refractivity contribution >= 4 is 34.2 Å². The third-order valence-corrected chi connectivity index (χ3v) is 4.32. The van der Waals surface area contributed by atoms with Crippen LogP contribution in [0.4, 0.5) is 18.9 Å². The molecule has 0 fully saturated rings. The van der Waals surface area contributed by atoms with Gasteiger partial charge >= 0.3 is 6.18 Å². The van der Waals surface area contributed by atoms with Gasteiger partial charge in [0, 0.05) is 14.8 Å². The van der Waals surface area contributed by atoms with Gasteiger partial charge in [-0.1, -0.05) is 12.1 Å². The molecule has 27 heavy (non-hydrogen) atoms. The highest BCUT2D eigenvalue weighted by Crippen LogP contribution is 2.31. The number of aromatic nitrogens is 4. The number of nitrogens with zero attached hydrogens (tertiary/aromatic N) is 4. The van der Waals surface area contributed by atoms with Crippen LogP contribution in [-0.4, -0.2) is 26.1 Å². The van der Waals surface area contributed by atoms with Gasteiger partial charge in [-0.2, -0.15) is 18.0 Å². The number of hydrogen-bond donors (Lipinski definition) is 1. The van der Waals surface area contributed by atoms with Gasteiger partial charge < -0.3 is 5.32 Å². The number of amides is 1. The van der Waals surface area contributed by atoms with Gasteiger partial charge in [0.25, 0.3) is 0 Å². The minimum atomic E-state index is -4.46. The maximum atomic E-state index is 12.8. The number of tetrazole rings is 1. The highest BCUT2D eigenvalue weighted by Gasteiger charge is 2.30. The lowest BCUT2D eigenvalue weighted by Crippen LogP contribution is -2.21. The second-order valence-corrected chi connectivity index (χ2v) is 6.98. The van der Waals surface area contributed by atoms with Gasteiger partial charge in [0.15, 0.2) is 0 Å². The molecule has 0 atom stereocenters. The molecule has 3 rings (SSSR count). The van der Waals surface area contributed by atoms with Gasteiger partial charge in [0.2, 0.25) is 11.7 Å². The van der Waals surface area contributed by atoms with Crippen molar-refractivity contribution in [2.45, 2.75) is 19.6 Å². The van der Waals surface area contributed by atoms with Crippen LogP contribution in [0.25, 0.3) is 11.4 Å². The lowest BCUT2D eigenvalue weighted by Gasteiger charge is -2.08. The molecule has 3 aromatic rings. The van der Waals surface area contributed by atoms with E-state index >= 15 is 0 Å². The number of benzene rings is 2. The van der Waals surface area contributed by atoms with Crippen LogP contribution in [0.3, 0.4) is 0 Å². The van der Waals surface area contributed by atoms with Crippen molar-refractivity contribution in [3.05, 3.63) is 57.2 Å². The van der Waals surface area contributed by atoms with E-state index in [-0.39, 0.29) is 23.8 Å². The number of carbonyl (C=O) groups excluding carboxylic acids is 1. The van der Waals surface area contributed by atoms with Crippen LogP contribution in [0.15, 0.2) is 42.5 Å². The zero-order valence-electron chi connectivity index (χ0n) is 14.0. The smallest absolute Gasteiger partial charge is 0.324 e. The van der Waals surface area contributed by atoms with E-state index in [4.69, 9.17) is 0 Å². The van der Waals surface area contributed by atoms with Crippen LogP contribution in [0.1, 0.15) is 11.1 Å². The van der Waals surface area contributed by atoms with Gasteiger partial charge in [-0.15, -0.1) is 10.2 Å². The highest BCUT2D eigenvalue weighted by atomic mass is 127. The molecule has 1 heterocycles. The SMILES string of the molecule is Cc1cc(I)ccc1NC(=O)Cn1nnc(-c2cccc(C(F)(F)F)c2)n1. The van der Waals surface area contributed by atoms with E-state index < -0.39 is 11.7 Å². The van der Waals surface area contributed by atoms with Crippen molar-refractivity contribution in [2.75, 3.05) is 5.32 Å². The van der Waals surface area contributed by atoms with Crippen LogP contribution >= 0.6 is 22.6 Å². The molecule has 0 aliphatic heterocycles. The number of halogens is 4. The van der Waals surface area contributed by atoms with E-state index in [1.165, 1.54) is 12.1 Å². The Bertz CT molecular complexity index is 987. The van der Waals surface area contributed by atoms with E-state index in [2.05, 4.69) is 43.3 Å². The van der Waals surface area contributed by atoms with Crippen LogP contribution in [0.5, 0.6) is 0 Å². The highest BCUT2D eigenvalue weighted by molar-refractivity contribution is 14.1. The molecule has 1 N–H and O–H groups in total. The average Bonchev–Trinajstić information content (AvgIpc) is 3.05. The molecular weight excluding hydrogens is 474 g/mol. The van der Waals surface area contributed by atoms with Gasteiger partial charge in [-0.25, -0.2) is 0 Å².